The molecule has 0 spiro atoms. The Morgan fingerprint density at radius 2 is 2.09 bits per heavy atom. The molecule has 8 nitrogen and oxygen atoms in total. The van der Waals surface area contributed by atoms with Crippen LogP contribution in [0.2, 0.25) is 0 Å². The maximum atomic E-state index is 12.1. The molecule has 1 aromatic carbocycles. The van der Waals surface area contributed by atoms with Crippen molar-refractivity contribution in [1.82, 2.24) is 10.2 Å². The van der Waals surface area contributed by atoms with Crippen LogP contribution in [0.5, 0.6) is 0 Å². The number of aromatic nitrogens is 2. The molecule has 0 bridgehead atoms. The van der Waals surface area contributed by atoms with Gasteiger partial charge in [0.15, 0.2) is 0 Å². The molecule has 1 fully saturated rings. The fourth-order valence-electron chi connectivity index (χ4n) is 2.61. The summed E-state index contributed by atoms with van der Waals surface area (Å²) in [6, 6.07) is 7.01. The molecule has 0 aliphatic carbocycles. The van der Waals surface area contributed by atoms with Crippen LogP contribution < -0.4 is 10.0 Å². The van der Waals surface area contributed by atoms with E-state index in [0.717, 1.165) is 0 Å². The predicted molar refractivity (Wildman–Crippen MR) is 85.6 cm³/mol. The maximum Gasteiger partial charge on any atom is 0.284 e. The molecule has 10 heteroatoms. The molecular formula is C13H14N4O4S2. The highest BCUT2D eigenvalue weighted by Crippen LogP contribution is 2.27. The van der Waals surface area contributed by atoms with Crippen molar-refractivity contribution in [2.75, 3.05) is 17.2 Å². The van der Waals surface area contributed by atoms with E-state index in [-0.39, 0.29) is 28.8 Å². The van der Waals surface area contributed by atoms with Gasteiger partial charge in [0.1, 0.15) is 0 Å². The molecule has 1 amide bonds. The summed E-state index contributed by atoms with van der Waals surface area (Å²) in [5.74, 6) is -0.243. The molecular weight excluding hydrogens is 340 g/mol. The quantitative estimate of drug-likeness (QED) is 0.791. The Labute approximate surface area is 137 Å². The highest BCUT2D eigenvalue weighted by Gasteiger charge is 2.32. The second kappa shape index (κ2) is 5.87. The van der Waals surface area contributed by atoms with Crippen LogP contribution in [-0.4, -0.2) is 36.8 Å². The van der Waals surface area contributed by atoms with Crippen LogP contribution in [0, 0.1) is 10.8 Å². The lowest BCUT2D eigenvalue weighted by molar-refractivity contribution is -0.117. The summed E-state index contributed by atoms with van der Waals surface area (Å²) in [5.41, 5.74) is 1.40. The van der Waals surface area contributed by atoms with Crippen LogP contribution in [-0.2, 0) is 14.8 Å². The Kier molecular flexibility index (Phi) is 4.04. The van der Waals surface area contributed by atoms with Gasteiger partial charge in [-0.2, -0.15) is 0 Å². The zero-order valence-corrected chi connectivity index (χ0v) is 13.6. The molecule has 2 aromatic rings. The van der Waals surface area contributed by atoms with E-state index in [9.17, 15) is 13.2 Å². The number of carbonyl (C=O) groups is 1. The first-order chi connectivity index (χ1) is 10.8. The van der Waals surface area contributed by atoms with Gasteiger partial charge in [-0.15, -0.1) is 5.10 Å². The van der Waals surface area contributed by atoms with Gasteiger partial charge in [0.05, 0.1) is 5.75 Å². The van der Waals surface area contributed by atoms with Crippen molar-refractivity contribution in [2.45, 2.75) is 6.42 Å². The van der Waals surface area contributed by atoms with Gasteiger partial charge in [-0.3, -0.25) is 4.79 Å². The summed E-state index contributed by atoms with van der Waals surface area (Å²) < 4.78 is 27.5. The second-order valence-corrected chi connectivity index (χ2v) is 7.40. The summed E-state index contributed by atoms with van der Waals surface area (Å²) in [4.78, 5) is 13.8. The summed E-state index contributed by atoms with van der Waals surface area (Å²) in [5, 5.41) is 11.5. The van der Waals surface area contributed by atoms with Crippen molar-refractivity contribution in [3.05, 3.63) is 29.1 Å². The van der Waals surface area contributed by atoms with Gasteiger partial charge in [0.25, 0.3) is 4.84 Å². The van der Waals surface area contributed by atoms with Crippen LogP contribution in [0.4, 0.5) is 5.69 Å². The number of aromatic amines is 1. The van der Waals surface area contributed by atoms with E-state index in [0.29, 0.717) is 23.7 Å². The summed E-state index contributed by atoms with van der Waals surface area (Å²) in [6.07, 6.45) is 0.173. The molecule has 3 N–H and O–H groups in total. The Morgan fingerprint density at radius 1 is 1.39 bits per heavy atom. The highest BCUT2D eigenvalue weighted by atomic mass is 32.2. The van der Waals surface area contributed by atoms with Gasteiger partial charge in [0, 0.05) is 30.1 Å². The molecule has 1 aliphatic heterocycles. The smallest absolute Gasteiger partial charge is 0.284 e. The number of hydrogen-bond donors (Lipinski definition) is 2. The number of H-pyrrole nitrogens is 1. The summed E-state index contributed by atoms with van der Waals surface area (Å²) >= 11 is 4.82. The number of anilines is 1. The molecule has 2 heterocycles. The first-order valence-corrected chi connectivity index (χ1v) is 8.91. The largest absolute Gasteiger partial charge is 0.409 e. The van der Waals surface area contributed by atoms with Crippen molar-refractivity contribution in [3.8, 4) is 11.5 Å². The van der Waals surface area contributed by atoms with E-state index < -0.39 is 10.0 Å². The standard InChI is InChI=1S/C13H14N4O4S2/c14-23(19,20)7-8-5-11(18)17(6-8)10-3-1-9(2-4-10)12-15-16-13(22)21-12/h1-4,8H,5-7H2,(H,16,22)(H2,14,19,20). The minimum Gasteiger partial charge on any atom is -0.409 e. The molecule has 3 rings (SSSR count). The maximum absolute atomic E-state index is 12.1. The van der Waals surface area contributed by atoms with Crippen LogP contribution in [0.15, 0.2) is 28.7 Å². The average molecular weight is 354 g/mol. The van der Waals surface area contributed by atoms with Crippen molar-refractivity contribution < 1.29 is 17.6 Å². The van der Waals surface area contributed by atoms with Crippen molar-refractivity contribution >= 4 is 33.8 Å². The fraction of sp³-hybridized carbons (Fsp3) is 0.308. The molecule has 0 saturated carbocycles. The van der Waals surface area contributed by atoms with Gasteiger partial charge in [0.2, 0.25) is 21.8 Å². The number of rotatable bonds is 4. The second-order valence-electron chi connectivity index (χ2n) is 5.37. The highest BCUT2D eigenvalue weighted by molar-refractivity contribution is 7.89. The van der Waals surface area contributed by atoms with E-state index in [1.807, 2.05) is 0 Å². The number of sulfonamides is 1. The van der Waals surface area contributed by atoms with Crippen LogP contribution in [0.25, 0.3) is 11.5 Å². The molecule has 0 radical (unpaired) electrons. The third kappa shape index (κ3) is 3.66. The third-order valence-corrected chi connectivity index (χ3v) is 4.65. The predicted octanol–water partition coefficient (Wildman–Crippen LogP) is 1.04. The molecule has 23 heavy (non-hydrogen) atoms. The van der Waals surface area contributed by atoms with Crippen LogP contribution >= 0.6 is 12.2 Å². The van der Waals surface area contributed by atoms with E-state index in [2.05, 4.69) is 10.2 Å². The normalized spacial score (nSPS) is 18.6. The number of hydrogen-bond acceptors (Lipinski definition) is 6. The van der Waals surface area contributed by atoms with Crippen molar-refractivity contribution in [2.24, 2.45) is 11.1 Å². The minimum absolute atomic E-state index is 0.122. The van der Waals surface area contributed by atoms with Gasteiger partial charge in [-0.25, -0.2) is 18.7 Å². The fourth-order valence-corrected chi connectivity index (χ4v) is 3.61. The number of nitrogens with two attached hydrogens (primary N) is 1. The van der Waals surface area contributed by atoms with E-state index in [4.69, 9.17) is 21.8 Å². The summed E-state index contributed by atoms with van der Waals surface area (Å²) in [7, 11) is -3.59. The lowest BCUT2D eigenvalue weighted by atomic mass is 10.1. The molecule has 1 atom stereocenters. The number of primary sulfonamides is 1. The zero-order valence-electron chi connectivity index (χ0n) is 11.9. The Balaban J connectivity index is 1.77. The lowest BCUT2D eigenvalue weighted by Crippen LogP contribution is -2.27. The van der Waals surface area contributed by atoms with Crippen LogP contribution in [0.1, 0.15) is 6.42 Å². The van der Waals surface area contributed by atoms with E-state index >= 15 is 0 Å². The minimum atomic E-state index is -3.59. The van der Waals surface area contributed by atoms with E-state index in [1.165, 1.54) is 0 Å². The van der Waals surface area contributed by atoms with E-state index in [1.54, 1.807) is 29.2 Å². The first-order valence-electron chi connectivity index (χ1n) is 6.78. The Morgan fingerprint density at radius 3 is 2.65 bits per heavy atom. The molecule has 1 aromatic heterocycles. The van der Waals surface area contributed by atoms with Gasteiger partial charge < -0.3 is 9.32 Å². The molecule has 1 aliphatic rings. The average Bonchev–Trinajstić information content (AvgIpc) is 3.03. The number of carbonyl (C=O) groups excluding carboxylic acids is 1. The zero-order chi connectivity index (χ0) is 16.6. The topological polar surface area (TPSA) is 122 Å². The first kappa shape index (κ1) is 15.8. The monoisotopic (exact) mass is 354 g/mol. The van der Waals surface area contributed by atoms with Crippen LogP contribution in [0.3, 0.4) is 0 Å². The lowest BCUT2D eigenvalue weighted by Gasteiger charge is -2.16. The van der Waals surface area contributed by atoms with Gasteiger partial charge in [-0.1, -0.05) is 0 Å². The van der Waals surface area contributed by atoms with Gasteiger partial charge >= 0.3 is 0 Å². The SMILES string of the molecule is NS(=O)(=O)CC1CC(=O)N(c2ccc(-c3n[nH]c(=S)o3)cc2)C1. The number of benzene rings is 1. The number of nitrogens with one attached hydrogen (secondary N) is 1. The number of nitrogens with zero attached hydrogens (tertiary/aromatic N) is 2. The summed E-state index contributed by atoms with van der Waals surface area (Å²) in [6.45, 7) is 0.331. The third-order valence-electron chi connectivity index (χ3n) is 3.54. The van der Waals surface area contributed by atoms with Crippen molar-refractivity contribution in [3.63, 3.8) is 0 Å². The number of amides is 1. The molecule has 1 saturated heterocycles. The Bertz CT molecular complexity index is 885. The van der Waals surface area contributed by atoms with Gasteiger partial charge in [-0.05, 0) is 36.5 Å². The van der Waals surface area contributed by atoms with Crippen molar-refractivity contribution in [1.29, 1.82) is 0 Å². The Hall–Kier alpha value is -2.04. The molecule has 122 valence electrons. The molecule has 1 unspecified atom stereocenters.